The molecule has 23 heavy (non-hydrogen) atoms. The lowest BCUT2D eigenvalue weighted by molar-refractivity contribution is -0.371. The Morgan fingerprint density at radius 2 is 1.65 bits per heavy atom. The fourth-order valence-corrected chi connectivity index (χ4v) is 1.51. The average Bonchev–Trinajstić information content (AvgIpc) is 2.55. The van der Waals surface area contributed by atoms with E-state index in [4.69, 9.17) is 25.0 Å². The van der Waals surface area contributed by atoms with E-state index in [0.717, 1.165) is 18.4 Å². The molecule has 0 saturated heterocycles. The number of benzene rings is 1. The van der Waals surface area contributed by atoms with E-state index in [1.165, 1.54) is 5.23 Å². The summed E-state index contributed by atoms with van der Waals surface area (Å²) in [6.07, 6.45) is 2.11. The molecule has 1 aromatic carbocycles. The van der Waals surface area contributed by atoms with Gasteiger partial charge in [-0.05, 0) is 12.0 Å². The number of hydroxylamine groups is 2. The highest BCUT2D eigenvalue weighted by Gasteiger charge is 2.04. The lowest BCUT2D eigenvalue weighted by Crippen LogP contribution is -2.28. The van der Waals surface area contributed by atoms with E-state index in [1.807, 2.05) is 18.2 Å². The summed E-state index contributed by atoms with van der Waals surface area (Å²) in [5, 5.41) is 26.7. The van der Waals surface area contributed by atoms with Gasteiger partial charge in [0.15, 0.2) is 0 Å². The van der Waals surface area contributed by atoms with Gasteiger partial charge in [-0.15, -0.1) is 0 Å². The molecular weight excluding hydrogens is 302 g/mol. The normalized spacial score (nSPS) is 10.3. The van der Waals surface area contributed by atoms with Crippen molar-refractivity contribution in [2.45, 2.75) is 26.2 Å². The summed E-state index contributed by atoms with van der Waals surface area (Å²) in [4.78, 5) is 20.3. The molecule has 0 bridgehead atoms. The minimum atomic E-state index is -0.786. The van der Waals surface area contributed by atoms with Crippen LogP contribution in [0.15, 0.2) is 30.3 Å². The third-order valence-electron chi connectivity index (χ3n) is 2.55. The molecule has 0 amide bonds. The van der Waals surface area contributed by atoms with Gasteiger partial charge in [0.2, 0.25) is 0 Å². The third kappa shape index (κ3) is 13.8. The summed E-state index contributed by atoms with van der Waals surface area (Å²) < 4.78 is 0. The molecule has 0 heterocycles. The molecule has 0 aliphatic heterocycles. The quantitative estimate of drug-likeness (QED) is 0.525. The first-order valence-electron chi connectivity index (χ1n) is 7.64. The molecule has 0 radical (unpaired) electrons. The lowest BCUT2D eigenvalue weighted by Gasteiger charge is -2.19. The number of unbranched alkanes of at least 4 members (excludes halogenated alkanes) is 1. The molecule has 1 rings (SSSR count). The zero-order valence-corrected chi connectivity index (χ0v) is 13.6. The van der Waals surface area contributed by atoms with Gasteiger partial charge in [0.05, 0.1) is 39.4 Å². The van der Waals surface area contributed by atoms with E-state index in [-0.39, 0.29) is 32.8 Å². The topological polar surface area (TPSA) is 99.5 Å². The van der Waals surface area contributed by atoms with Gasteiger partial charge in [0, 0.05) is 0 Å². The molecule has 0 fully saturated rings. The van der Waals surface area contributed by atoms with Crippen LogP contribution in [0.25, 0.3) is 0 Å². The van der Waals surface area contributed by atoms with E-state index in [2.05, 4.69) is 6.92 Å². The molecular formula is C16H27NO6. The summed E-state index contributed by atoms with van der Waals surface area (Å²) in [6.45, 7) is 3.08. The number of carboxylic acid groups (broad SMARTS) is 1. The van der Waals surface area contributed by atoms with Crippen molar-refractivity contribution in [1.29, 1.82) is 0 Å². The van der Waals surface area contributed by atoms with E-state index >= 15 is 0 Å². The Hall–Kier alpha value is -1.51. The van der Waals surface area contributed by atoms with Crippen LogP contribution < -0.4 is 0 Å². The molecule has 1 aromatic rings. The van der Waals surface area contributed by atoms with Gasteiger partial charge in [-0.1, -0.05) is 48.9 Å². The summed E-state index contributed by atoms with van der Waals surface area (Å²) in [6, 6.07) is 9.13. The fraction of sp³-hybridized carbons (Fsp3) is 0.562. The Morgan fingerprint density at radius 1 is 1.09 bits per heavy atom. The van der Waals surface area contributed by atoms with Gasteiger partial charge in [0.1, 0.15) is 0 Å². The molecule has 0 aliphatic rings. The SMILES string of the molecule is CCCCN(OCCO)OCCO.O=C(O)Cc1ccccc1. The van der Waals surface area contributed by atoms with Crippen molar-refractivity contribution in [2.75, 3.05) is 33.0 Å². The van der Waals surface area contributed by atoms with Gasteiger partial charge in [-0.2, -0.15) is 0 Å². The van der Waals surface area contributed by atoms with Crippen molar-refractivity contribution in [3.63, 3.8) is 0 Å². The zero-order valence-electron chi connectivity index (χ0n) is 13.6. The number of aliphatic carboxylic acids is 1. The summed E-state index contributed by atoms with van der Waals surface area (Å²) in [5.74, 6) is -0.786. The highest BCUT2D eigenvalue weighted by Crippen LogP contribution is 1.98. The Kier molecular flexibility index (Phi) is 14.4. The zero-order chi connectivity index (χ0) is 17.3. The Morgan fingerprint density at radius 3 is 2.09 bits per heavy atom. The number of carbonyl (C=O) groups is 1. The molecule has 0 unspecified atom stereocenters. The van der Waals surface area contributed by atoms with Gasteiger partial charge in [-0.25, -0.2) is 0 Å². The third-order valence-corrected chi connectivity index (χ3v) is 2.55. The van der Waals surface area contributed by atoms with E-state index < -0.39 is 5.97 Å². The minimum absolute atomic E-state index is 0.0366. The number of aliphatic hydroxyl groups is 2. The maximum absolute atomic E-state index is 10.2. The fourth-order valence-electron chi connectivity index (χ4n) is 1.51. The number of nitrogens with zero attached hydrogens (tertiary/aromatic N) is 1. The Balaban J connectivity index is 0.000000433. The van der Waals surface area contributed by atoms with Crippen molar-refractivity contribution in [2.24, 2.45) is 0 Å². The van der Waals surface area contributed by atoms with E-state index in [0.29, 0.717) is 6.54 Å². The smallest absolute Gasteiger partial charge is 0.307 e. The average molecular weight is 329 g/mol. The highest BCUT2D eigenvalue weighted by molar-refractivity contribution is 5.70. The summed E-state index contributed by atoms with van der Waals surface area (Å²) in [7, 11) is 0. The van der Waals surface area contributed by atoms with Crippen LogP contribution in [0.2, 0.25) is 0 Å². The Labute approximate surface area is 137 Å². The number of carboxylic acids is 1. The molecule has 132 valence electrons. The molecule has 0 saturated carbocycles. The summed E-state index contributed by atoms with van der Waals surface area (Å²) >= 11 is 0. The minimum Gasteiger partial charge on any atom is -0.481 e. The van der Waals surface area contributed by atoms with Crippen LogP contribution in [0, 0.1) is 0 Å². The number of rotatable bonds is 11. The van der Waals surface area contributed by atoms with Crippen LogP contribution in [0.4, 0.5) is 0 Å². The number of aliphatic hydroxyl groups excluding tert-OH is 2. The van der Waals surface area contributed by atoms with Gasteiger partial charge in [-0.3, -0.25) is 14.5 Å². The molecule has 7 heteroatoms. The second-order valence-electron chi connectivity index (χ2n) is 4.58. The van der Waals surface area contributed by atoms with Gasteiger partial charge < -0.3 is 15.3 Å². The number of hydrogen-bond donors (Lipinski definition) is 3. The largest absolute Gasteiger partial charge is 0.481 e. The standard InChI is InChI=1S/C8H19NO4.C8H8O2/c1-2-3-4-9(12-7-5-10)13-8-6-11;9-8(10)6-7-4-2-1-3-5-7/h10-11H,2-8H2,1H3;1-5H,6H2,(H,9,10). The number of hydrogen-bond acceptors (Lipinski definition) is 6. The van der Waals surface area contributed by atoms with Crippen molar-refractivity contribution in [1.82, 2.24) is 5.23 Å². The first-order valence-corrected chi connectivity index (χ1v) is 7.64. The second-order valence-corrected chi connectivity index (χ2v) is 4.58. The van der Waals surface area contributed by atoms with E-state index in [1.54, 1.807) is 12.1 Å². The van der Waals surface area contributed by atoms with E-state index in [9.17, 15) is 4.79 Å². The maximum Gasteiger partial charge on any atom is 0.307 e. The van der Waals surface area contributed by atoms with Crippen LogP contribution in [-0.4, -0.2) is 59.5 Å². The predicted molar refractivity (Wildman–Crippen MR) is 85.5 cm³/mol. The van der Waals surface area contributed by atoms with Crippen LogP contribution in [0.3, 0.4) is 0 Å². The van der Waals surface area contributed by atoms with Crippen molar-refractivity contribution in [3.05, 3.63) is 35.9 Å². The molecule has 0 aromatic heterocycles. The van der Waals surface area contributed by atoms with Gasteiger partial charge in [0.25, 0.3) is 0 Å². The summed E-state index contributed by atoms with van der Waals surface area (Å²) in [5.41, 5.74) is 0.843. The first-order chi connectivity index (χ1) is 11.1. The maximum atomic E-state index is 10.2. The highest BCUT2D eigenvalue weighted by atomic mass is 16.9. The molecule has 7 nitrogen and oxygen atoms in total. The first kappa shape index (κ1) is 21.5. The van der Waals surface area contributed by atoms with Crippen LogP contribution in [0.1, 0.15) is 25.3 Å². The van der Waals surface area contributed by atoms with Crippen molar-refractivity contribution in [3.8, 4) is 0 Å². The van der Waals surface area contributed by atoms with Gasteiger partial charge >= 0.3 is 5.97 Å². The van der Waals surface area contributed by atoms with Crippen molar-refractivity contribution >= 4 is 5.97 Å². The predicted octanol–water partition coefficient (Wildman–Crippen LogP) is 1.25. The van der Waals surface area contributed by atoms with Crippen LogP contribution in [-0.2, 0) is 20.9 Å². The van der Waals surface area contributed by atoms with Crippen LogP contribution in [0.5, 0.6) is 0 Å². The van der Waals surface area contributed by atoms with Crippen molar-refractivity contribution < 1.29 is 29.8 Å². The second kappa shape index (κ2) is 15.4. The monoisotopic (exact) mass is 329 g/mol. The lowest BCUT2D eigenvalue weighted by atomic mass is 10.2. The van der Waals surface area contributed by atoms with Crippen LogP contribution >= 0.6 is 0 Å². The Bertz CT molecular complexity index is 368. The molecule has 0 spiro atoms. The molecule has 0 aliphatic carbocycles. The molecule has 0 atom stereocenters. The molecule has 3 N–H and O–H groups in total.